The van der Waals surface area contributed by atoms with Gasteiger partial charge in [-0.2, -0.15) is 13.2 Å². The van der Waals surface area contributed by atoms with Crippen LogP contribution in [0, 0.1) is 0 Å². The van der Waals surface area contributed by atoms with E-state index in [0.29, 0.717) is 31.1 Å². The maximum atomic E-state index is 12.7. The van der Waals surface area contributed by atoms with Crippen molar-refractivity contribution in [2.24, 2.45) is 0 Å². The quantitative estimate of drug-likeness (QED) is 0.871. The molecule has 0 radical (unpaired) electrons. The van der Waals surface area contributed by atoms with Crippen molar-refractivity contribution in [3.05, 3.63) is 54.1 Å². The summed E-state index contributed by atoms with van der Waals surface area (Å²) >= 11 is 0. The average molecular weight is 366 g/mol. The monoisotopic (exact) mass is 366 g/mol. The van der Waals surface area contributed by atoms with E-state index in [1.165, 1.54) is 12.1 Å². The molecular formula is C18H17F3N2O3. The van der Waals surface area contributed by atoms with Gasteiger partial charge in [0.15, 0.2) is 0 Å². The molecule has 2 N–H and O–H groups in total. The number of carbonyl (C=O) groups excluding carboxylic acids is 1. The molecule has 3 rings (SSSR count). The molecule has 0 spiro atoms. The topological polar surface area (TPSA) is 59.6 Å². The molecule has 1 fully saturated rings. The van der Waals surface area contributed by atoms with E-state index < -0.39 is 17.8 Å². The van der Waals surface area contributed by atoms with E-state index >= 15 is 0 Å². The number of hydrogen-bond donors (Lipinski definition) is 2. The van der Waals surface area contributed by atoms with E-state index in [1.54, 1.807) is 24.3 Å². The number of rotatable bonds is 4. The lowest BCUT2D eigenvalue weighted by atomic mass is 10.2. The summed E-state index contributed by atoms with van der Waals surface area (Å²) in [7, 11) is 0. The van der Waals surface area contributed by atoms with Gasteiger partial charge < -0.3 is 20.1 Å². The van der Waals surface area contributed by atoms with E-state index in [4.69, 9.17) is 9.47 Å². The Morgan fingerprint density at radius 2 is 1.92 bits per heavy atom. The van der Waals surface area contributed by atoms with Crippen LogP contribution in [-0.4, -0.2) is 31.7 Å². The second kappa shape index (κ2) is 7.76. The number of morpholine rings is 1. The van der Waals surface area contributed by atoms with E-state index in [0.717, 1.165) is 12.1 Å². The third-order valence-electron chi connectivity index (χ3n) is 3.74. The summed E-state index contributed by atoms with van der Waals surface area (Å²) < 4.78 is 49.0. The molecule has 0 aromatic heterocycles. The molecule has 1 heterocycles. The van der Waals surface area contributed by atoms with Crippen molar-refractivity contribution < 1.29 is 27.4 Å². The zero-order valence-electron chi connectivity index (χ0n) is 13.7. The van der Waals surface area contributed by atoms with Crippen molar-refractivity contribution in [2.75, 3.05) is 25.0 Å². The molecule has 26 heavy (non-hydrogen) atoms. The van der Waals surface area contributed by atoms with Crippen molar-refractivity contribution in [3.8, 4) is 11.5 Å². The minimum Gasteiger partial charge on any atom is -0.457 e. The van der Waals surface area contributed by atoms with Crippen LogP contribution in [0.2, 0.25) is 0 Å². The van der Waals surface area contributed by atoms with Crippen LogP contribution in [0.15, 0.2) is 48.5 Å². The van der Waals surface area contributed by atoms with Crippen LogP contribution in [-0.2, 0) is 15.7 Å². The normalized spacial score (nSPS) is 17.6. The first-order valence-electron chi connectivity index (χ1n) is 8.00. The first-order chi connectivity index (χ1) is 12.4. The van der Waals surface area contributed by atoms with Crippen LogP contribution >= 0.6 is 0 Å². The Labute approximate surface area is 148 Å². The van der Waals surface area contributed by atoms with E-state index in [9.17, 15) is 18.0 Å². The molecular weight excluding hydrogens is 349 g/mol. The second-order valence-corrected chi connectivity index (χ2v) is 5.70. The van der Waals surface area contributed by atoms with Crippen molar-refractivity contribution in [1.29, 1.82) is 0 Å². The van der Waals surface area contributed by atoms with E-state index in [2.05, 4.69) is 10.6 Å². The van der Waals surface area contributed by atoms with Crippen LogP contribution in [0.1, 0.15) is 5.56 Å². The summed E-state index contributed by atoms with van der Waals surface area (Å²) in [5.41, 5.74) is -0.236. The fourth-order valence-electron chi connectivity index (χ4n) is 2.43. The number of alkyl halides is 3. The predicted molar refractivity (Wildman–Crippen MR) is 89.2 cm³/mol. The lowest BCUT2D eigenvalue weighted by Gasteiger charge is -2.22. The number of hydrogen-bond acceptors (Lipinski definition) is 4. The van der Waals surface area contributed by atoms with Crippen LogP contribution < -0.4 is 15.4 Å². The Morgan fingerprint density at radius 3 is 2.58 bits per heavy atom. The minimum absolute atomic E-state index is 0.0818. The highest BCUT2D eigenvalue weighted by Gasteiger charge is 2.30. The molecule has 8 heteroatoms. The molecule has 1 aliphatic rings. The van der Waals surface area contributed by atoms with Crippen LogP contribution in [0.25, 0.3) is 0 Å². The molecule has 1 saturated heterocycles. The zero-order valence-corrected chi connectivity index (χ0v) is 13.7. The van der Waals surface area contributed by atoms with Crippen molar-refractivity contribution in [3.63, 3.8) is 0 Å². The Kier molecular flexibility index (Phi) is 5.43. The van der Waals surface area contributed by atoms with E-state index in [-0.39, 0.29) is 11.7 Å². The first-order valence-corrected chi connectivity index (χ1v) is 8.00. The summed E-state index contributed by atoms with van der Waals surface area (Å²) in [4.78, 5) is 12.1. The van der Waals surface area contributed by atoms with Gasteiger partial charge in [-0.05, 0) is 42.5 Å². The molecule has 1 amide bonds. The molecule has 0 saturated carbocycles. The standard InChI is InChI=1S/C18H17F3N2O3/c19-18(20,21)12-2-1-3-15(10-12)26-14-6-4-13(5-7-14)23-17(24)16-11-22-8-9-25-16/h1-7,10,16,22H,8-9,11H2,(H,23,24). The van der Waals surface area contributed by atoms with Gasteiger partial charge >= 0.3 is 6.18 Å². The fraction of sp³-hybridized carbons (Fsp3) is 0.278. The number of nitrogens with one attached hydrogen (secondary N) is 2. The van der Waals surface area contributed by atoms with Crippen LogP contribution in [0.3, 0.4) is 0 Å². The van der Waals surface area contributed by atoms with Gasteiger partial charge in [-0.3, -0.25) is 4.79 Å². The molecule has 1 aliphatic heterocycles. The molecule has 1 atom stereocenters. The van der Waals surface area contributed by atoms with Gasteiger partial charge in [0.1, 0.15) is 17.6 Å². The molecule has 0 bridgehead atoms. The highest BCUT2D eigenvalue weighted by atomic mass is 19.4. The van der Waals surface area contributed by atoms with Gasteiger partial charge in [0.05, 0.1) is 12.2 Å². The fourth-order valence-corrected chi connectivity index (χ4v) is 2.43. The van der Waals surface area contributed by atoms with Gasteiger partial charge in [0, 0.05) is 18.8 Å². The third kappa shape index (κ3) is 4.74. The number of ether oxygens (including phenoxy) is 2. The number of benzene rings is 2. The SMILES string of the molecule is O=C(Nc1ccc(Oc2cccc(C(F)(F)F)c2)cc1)C1CNCCO1. The minimum atomic E-state index is -4.43. The van der Waals surface area contributed by atoms with E-state index in [1.807, 2.05) is 0 Å². The highest BCUT2D eigenvalue weighted by molar-refractivity contribution is 5.94. The summed E-state index contributed by atoms with van der Waals surface area (Å²) in [5, 5.41) is 5.79. The predicted octanol–water partition coefficient (Wildman–Crippen LogP) is 3.42. The van der Waals surface area contributed by atoms with Gasteiger partial charge in [-0.25, -0.2) is 0 Å². The number of carbonyl (C=O) groups is 1. The Bertz CT molecular complexity index is 757. The molecule has 138 valence electrons. The maximum absolute atomic E-state index is 12.7. The van der Waals surface area contributed by atoms with Gasteiger partial charge in [-0.15, -0.1) is 0 Å². The lowest BCUT2D eigenvalue weighted by Crippen LogP contribution is -2.45. The second-order valence-electron chi connectivity index (χ2n) is 5.70. The first kappa shape index (κ1) is 18.2. The molecule has 1 unspecified atom stereocenters. The van der Waals surface area contributed by atoms with Gasteiger partial charge in [0.2, 0.25) is 0 Å². The number of anilines is 1. The third-order valence-corrected chi connectivity index (χ3v) is 3.74. The summed E-state index contributed by atoms with van der Waals surface area (Å²) in [6, 6.07) is 11.0. The lowest BCUT2D eigenvalue weighted by molar-refractivity contribution is -0.137. The summed E-state index contributed by atoms with van der Waals surface area (Å²) in [5.74, 6) is 0.181. The Balaban J connectivity index is 1.62. The van der Waals surface area contributed by atoms with Crippen molar-refractivity contribution >= 4 is 11.6 Å². The molecule has 2 aromatic carbocycles. The number of amides is 1. The zero-order chi connectivity index (χ0) is 18.6. The van der Waals surface area contributed by atoms with Crippen molar-refractivity contribution in [2.45, 2.75) is 12.3 Å². The van der Waals surface area contributed by atoms with Crippen molar-refractivity contribution in [1.82, 2.24) is 5.32 Å². The Morgan fingerprint density at radius 1 is 1.15 bits per heavy atom. The number of halogens is 3. The summed E-state index contributed by atoms with van der Waals surface area (Å²) in [6.45, 7) is 1.63. The molecule has 2 aromatic rings. The summed E-state index contributed by atoms with van der Waals surface area (Å²) in [6.07, 6.45) is -4.98. The largest absolute Gasteiger partial charge is 0.457 e. The molecule has 5 nitrogen and oxygen atoms in total. The molecule has 0 aliphatic carbocycles. The van der Waals surface area contributed by atoms with Gasteiger partial charge in [0.25, 0.3) is 5.91 Å². The van der Waals surface area contributed by atoms with Gasteiger partial charge in [-0.1, -0.05) is 6.07 Å². The smallest absolute Gasteiger partial charge is 0.416 e. The highest BCUT2D eigenvalue weighted by Crippen LogP contribution is 2.32. The van der Waals surface area contributed by atoms with Crippen LogP contribution in [0.4, 0.5) is 18.9 Å². The maximum Gasteiger partial charge on any atom is 0.416 e. The van der Waals surface area contributed by atoms with Crippen LogP contribution in [0.5, 0.6) is 11.5 Å². The average Bonchev–Trinajstić information content (AvgIpc) is 2.63. The Hall–Kier alpha value is -2.58.